The number of hydrogen-bond acceptors (Lipinski definition) is 4. The summed E-state index contributed by atoms with van der Waals surface area (Å²) in [5, 5.41) is 2.90. The molecular weight excluding hydrogens is 366 g/mol. The Kier molecular flexibility index (Phi) is 10.2. The highest BCUT2D eigenvalue weighted by molar-refractivity contribution is 5.85. The van der Waals surface area contributed by atoms with Crippen LogP contribution in [-0.4, -0.2) is 48.5 Å². The van der Waals surface area contributed by atoms with E-state index in [4.69, 9.17) is 10.5 Å². The number of carbonyl (C=O) groups is 2. The molecule has 1 aliphatic rings. The molecule has 1 unspecified atom stereocenters. The van der Waals surface area contributed by atoms with Crippen molar-refractivity contribution >= 4 is 24.2 Å². The zero-order valence-electron chi connectivity index (χ0n) is 16.3. The number of hydrogen-bond donors (Lipinski definition) is 2. The number of benzene rings is 1. The Hall–Kier alpha value is -1.79. The number of carbonyl (C=O) groups excluding carboxylic acids is 2. The number of halogens is 1. The molecule has 0 radical (unpaired) electrons. The van der Waals surface area contributed by atoms with E-state index in [0.717, 1.165) is 37.1 Å². The monoisotopic (exact) mass is 397 g/mol. The molecule has 6 nitrogen and oxygen atoms in total. The smallest absolute Gasteiger partial charge is 0.227 e. The number of amides is 2. The third kappa shape index (κ3) is 7.39. The summed E-state index contributed by atoms with van der Waals surface area (Å²) in [4.78, 5) is 26.5. The first-order chi connectivity index (χ1) is 12.5. The van der Waals surface area contributed by atoms with Crippen molar-refractivity contribution in [2.45, 2.75) is 58.1 Å². The van der Waals surface area contributed by atoms with E-state index in [1.54, 1.807) is 0 Å². The average molecular weight is 398 g/mol. The van der Waals surface area contributed by atoms with Gasteiger partial charge in [0, 0.05) is 37.7 Å². The first-order valence-corrected chi connectivity index (χ1v) is 9.52. The summed E-state index contributed by atoms with van der Waals surface area (Å²) >= 11 is 0. The van der Waals surface area contributed by atoms with Gasteiger partial charge in [-0.05, 0) is 39.2 Å². The molecule has 1 heterocycles. The van der Waals surface area contributed by atoms with Crippen molar-refractivity contribution in [1.29, 1.82) is 0 Å². The lowest BCUT2D eigenvalue weighted by Crippen LogP contribution is -2.50. The summed E-state index contributed by atoms with van der Waals surface area (Å²) in [5.74, 6) is 0.796. The van der Waals surface area contributed by atoms with E-state index in [-0.39, 0.29) is 36.4 Å². The molecule has 152 valence electrons. The van der Waals surface area contributed by atoms with E-state index in [0.29, 0.717) is 25.9 Å². The van der Waals surface area contributed by atoms with Crippen LogP contribution in [0, 0.1) is 0 Å². The van der Waals surface area contributed by atoms with Crippen molar-refractivity contribution in [2.24, 2.45) is 5.73 Å². The lowest BCUT2D eigenvalue weighted by atomic mass is 10.0. The second-order valence-corrected chi connectivity index (χ2v) is 7.03. The Balaban J connectivity index is 0.00000364. The second kappa shape index (κ2) is 11.8. The van der Waals surface area contributed by atoms with Gasteiger partial charge in [-0.2, -0.15) is 0 Å². The summed E-state index contributed by atoms with van der Waals surface area (Å²) in [5.41, 5.74) is 6.32. The van der Waals surface area contributed by atoms with Crippen LogP contribution in [0.25, 0.3) is 0 Å². The molecule has 0 bridgehead atoms. The Morgan fingerprint density at radius 1 is 1.30 bits per heavy atom. The normalized spacial score (nSPS) is 16.6. The van der Waals surface area contributed by atoms with Gasteiger partial charge in [0.05, 0.1) is 12.5 Å². The van der Waals surface area contributed by atoms with Gasteiger partial charge < -0.3 is 20.7 Å². The molecule has 1 fully saturated rings. The largest absolute Gasteiger partial charge is 0.491 e. The number of rotatable bonds is 8. The lowest BCUT2D eigenvalue weighted by Gasteiger charge is -2.36. The molecule has 1 atom stereocenters. The summed E-state index contributed by atoms with van der Waals surface area (Å²) < 4.78 is 5.83. The Morgan fingerprint density at radius 2 is 2.04 bits per heavy atom. The summed E-state index contributed by atoms with van der Waals surface area (Å²) in [7, 11) is 0. The fourth-order valence-corrected chi connectivity index (χ4v) is 3.28. The maximum Gasteiger partial charge on any atom is 0.227 e. The van der Waals surface area contributed by atoms with Gasteiger partial charge >= 0.3 is 0 Å². The van der Waals surface area contributed by atoms with Gasteiger partial charge in [0.25, 0.3) is 0 Å². The van der Waals surface area contributed by atoms with Crippen LogP contribution >= 0.6 is 12.4 Å². The molecule has 1 aromatic rings. The molecule has 1 aromatic carbocycles. The first kappa shape index (κ1) is 23.2. The summed E-state index contributed by atoms with van der Waals surface area (Å²) in [6.45, 7) is 5.52. The van der Waals surface area contributed by atoms with Crippen molar-refractivity contribution < 1.29 is 14.3 Å². The zero-order valence-corrected chi connectivity index (χ0v) is 17.1. The molecule has 3 N–H and O–H groups in total. The van der Waals surface area contributed by atoms with Crippen LogP contribution in [0.5, 0.6) is 5.75 Å². The van der Waals surface area contributed by atoms with Gasteiger partial charge in [-0.25, -0.2) is 0 Å². The van der Waals surface area contributed by atoms with Gasteiger partial charge in [0.2, 0.25) is 11.8 Å². The number of likely N-dealkylation sites (tertiary alicyclic amines) is 1. The maximum absolute atomic E-state index is 12.9. The number of piperidine rings is 1. The number of nitrogens with one attached hydrogen (secondary N) is 1. The van der Waals surface area contributed by atoms with Crippen LogP contribution in [0.3, 0.4) is 0 Å². The van der Waals surface area contributed by atoms with Gasteiger partial charge in [0.1, 0.15) is 5.75 Å². The minimum atomic E-state index is -0.0545. The molecule has 2 rings (SSSR count). The average Bonchev–Trinajstić information content (AvgIpc) is 2.61. The topological polar surface area (TPSA) is 84.7 Å². The molecule has 7 heteroatoms. The van der Waals surface area contributed by atoms with E-state index in [2.05, 4.69) is 5.32 Å². The van der Waals surface area contributed by atoms with E-state index >= 15 is 0 Å². The highest BCUT2D eigenvalue weighted by Crippen LogP contribution is 2.23. The molecule has 0 spiro atoms. The van der Waals surface area contributed by atoms with Gasteiger partial charge in [-0.15, -0.1) is 12.4 Å². The Bertz CT molecular complexity index is 610. The first-order valence-electron chi connectivity index (χ1n) is 9.52. The SMILES string of the molecule is CC(C)Oc1ccccc1CC(=O)N1CCCCC1CNC(=O)CCN.Cl. The Labute approximate surface area is 168 Å². The van der Waals surface area contributed by atoms with Gasteiger partial charge in [-0.3, -0.25) is 9.59 Å². The van der Waals surface area contributed by atoms with Crippen molar-refractivity contribution in [2.75, 3.05) is 19.6 Å². The van der Waals surface area contributed by atoms with Crippen LogP contribution < -0.4 is 15.8 Å². The number of para-hydroxylation sites is 1. The fourth-order valence-electron chi connectivity index (χ4n) is 3.28. The lowest BCUT2D eigenvalue weighted by molar-refractivity contribution is -0.134. The minimum absolute atomic E-state index is 0. The predicted octanol–water partition coefficient (Wildman–Crippen LogP) is 2.28. The summed E-state index contributed by atoms with van der Waals surface area (Å²) in [6, 6.07) is 7.75. The summed E-state index contributed by atoms with van der Waals surface area (Å²) in [6.07, 6.45) is 3.69. The molecular formula is C20H32ClN3O3. The standard InChI is InChI=1S/C20H31N3O3.ClH/c1-15(2)26-18-9-4-3-7-16(18)13-20(25)23-12-6-5-8-17(23)14-22-19(24)10-11-21;/h3-4,7,9,15,17H,5-6,8,10-14,21H2,1-2H3,(H,22,24);1H. The maximum atomic E-state index is 12.9. The van der Waals surface area contributed by atoms with Crippen molar-refractivity contribution in [3.8, 4) is 5.75 Å². The van der Waals surface area contributed by atoms with E-state index in [1.807, 2.05) is 43.0 Å². The number of ether oxygens (including phenoxy) is 1. The van der Waals surface area contributed by atoms with E-state index < -0.39 is 0 Å². The molecule has 1 aliphatic heterocycles. The minimum Gasteiger partial charge on any atom is -0.491 e. The number of nitrogens with two attached hydrogens (primary N) is 1. The van der Waals surface area contributed by atoms with Gasteiger partial charge in [0.15, 0.2) is 0 Å². The Morgan fingerprint density at radius 3 is 2.74 bits per heavy atom. The van der Waals surface area contributed by atoms with Crippen LogP contribution in [0.15, 0.2) is 24.3 Å². The second-order valence-electron chi connectivity index (χ2n) is 7.03. The quantitative estimate of drug-likeness (QED) is 0.704. The third-order valence-corrected chi connectivity index (χ3v) is 4.53. The van der Waals surface area contributed by atoms with Crippen LogP contribution in [0.1, 0.15) is 45.1 Å². The third-order valence-electron chi connectivity index (χ3n) is 4.53. The van der Waals surface area contributed by atoms with Crippen LogP contribution in [-0.2, 0) is 16.0 Å². The molecule has 0 aliphatic carbocycles. The van der Waals surface area contributed by atoms with Crippen molar-refractivity contribution in [1.82, 2.24) is 10.2 Å². The van der Waals surface area contributed by atoms with Crippen LogP contribution in [0.4, 0.5) is 0 Å². The van der Waals surface area contributed by atoms with Crippen LogP contribution in [0.2, 0.25) is 0 Å². The van der Waals surface area contributed by atoms with E-state index in [9.17, 15) is 9.59 Å². The molecule has 27 heavy (non-hydrogen) atoms. The van der Waals surface area contributed by atoms with E-state index in [1.165, 1.54) is 0 Å². The molecule has 0 aromatic heterocycles. The van der Waals surface area contributed by atoms with Crippen molar-refractivity contribution in [3.63, 3.8) is 0 Å². The van der Waals surface area contributed by atoms with Crippen molar-refractivity contribution in [3.05, 3.63) is 29.8 Å². The number of nitrogens with zero attached hydrogens (tertiary/aromatic N) is 1. The molecule has 1 saturated heterocycles. The zero-order chi connectivity index (χ0) is 18.9. The predicted molar refractivity (Wildman–Crippen MR) is 109 cm³/mol. The highest BCUT2D eigenvalue weighted by atomic mass is 35.5. The molecule has 0 saturated carbocycles. The molecule has 2 amide bonds. The van der Waals surface area contributed by atoms with Gasteiger partial charge in [-0.1, -0.05) is 18.2 Å². The fraction of sp³-hybridized carbons (Fsp3) is 0.600. The highest BCUT2D eigenvalue weighted by Gasteiger charge is 2.27.